The summed E-state index contributed by atoms with van der Waals surface area (Å²) in [6.07, 6.45) is 2.21. The van der Waals surface area contributed by atoms with Crippen molar-refractivity contribution in [3.05, 3.63) is 76.3 Å². The van der Waals surface area contributed by atoms with Crippen LogP contribution in [0, 0.1) is 0 Å². The van der Waals surface area contributed by atoms with Gasteiger partial charge < -0.3 is 28.8 Å². The molecule has 0 aliphatic carbocycles. The van der Waals surface area contributed by atoms with Crippen molar-refractivity contribution in [1.82, 2.24) is 0 Å². The Bertz CT molecular complexity index is 1210. The first-order valence-corrected chi connectivity index (χ1v) is 10.6. The lowest BCUT2D eigenvalue weighted by Gasteiger charge is -2.24. The molecule has 33 heavy (non-hydrogen) atoms. The Hall–Kier alpha value is -3.94. The van der Waals surface area contributed by atoms with Crippen LogP contribution in [0.4, 0.5) is 11.4 Å². The van der Waals surface area contributed by atoms with E-state index >= 15 is 0 Å². The highest BCUT2D eigenvalue weighted by Crippen LogP contribution is 2.33. The van der Waals surface area contributed by atoms with E-state index in [9.17, 15) is 9.59 Å². The van der Waals surface area contributed by atoms with E-state index in [2.05, 4.69) is 29.3 Å². The van der Waals surface area contributed by atoms with Crippen molar-refractivity contribution in [3.63, 3.8) is 0 Å². The summed E-state index contributed by atoms with van der Waals surface area (Å²) in [6.45, 7) is 2.27. The maximum atomic E-state index is 12.5. The molecule has 1 N–H and O–H groups in total. The molecule has 0 bridgehead atoms. The van der Waals surface area contributed by atoms with E-state index < -0.39 is 5.91 Å². The monoisotopic (exact) mass is 450 g/mol. The molecular weight excluding hydrogens is 424 g/mol. The molecule has 8 nitrogen and oxygen atoms in total. The summed E-state index contributed by atoms with van der Waals surface area (Å²) in [6, 6.07) is 15.0. The van der Waals surface area contributed by atoms with Gasteiger partial charge in [0.15, 0.2) is 6.61 Å². The zero-order valence-corrected chi connectivity index (χ0v) is 18.8. The third-order valence-corrected chi connectivity index (χ3v) is 5.57. The first-order valence-electron chi connectivity index (χ1n) is 10.6. The lowest BCUT2D eigenvalue weighted by Crippen LogP contribution is -2.29. The summed E-state index contributed by atoms with van der Waals surface area (Å²) in [5.41, 5.74) is 2.56. The molecule has 0 saturated carbocycles. The Labute approximate surface area is 191 Å². The van der Waals surface area contributed by atoms with Gasteiger partial charge in [0.1, 0.15) is 23.5 Å². The van der Waals surface area contributed by atoms with Crippen LogP contribution in [0.1, 0.15) is 18.2 Å². The molecule has 3 aromatic rings. The van der Waals surface area contributed by atoms with E-state index in [1.807, 2.05) is 12.1 Å². The summed E-state index contributed by atoms with van der Waals surface area (Å²) in [5, 5.41) is 2.69. The van der Waals surface area contributed by atoms with Gasteiger partial charge in [-0.3, -0.25) is 9.59 Å². The fourth-order valence-electron chi connectivity index (χ4n) is 3.90. The summed E-state index contributed by atoms with van der Waals surface area (Å²) in [4.78, 5) is 27.0. The molecule has 1 aromatic heterocycles. The number of hydrogen-bond acceptors (Lipinski definition) is 7. The maximum Gasteiger partial charge on any atom is 0.262 e. The number of carbonyl (C=O) groups is 1. The number of carbonyl (C=O) groups excluding carboxylic acids is 1. The van der Waals surface area contributed by atoms with Crippen LogP contribution in [0.2, 0.25) is 0 Å². The van der Waals surface area contributed by atoms with Crippen molar-refractivity contribution >= 4 is 17.3 Å². The Morgan fingerprint density at radius 2 is 1.94 bits per heavy atom. The van der Waals surface area contributed by atoms with Crippen LogP contribution >= 0.6 is 0 Å². The first kappa shape index (κ1) is 22.3. The van der Waals surface area contributed by atoms with Crippen LogP contribution in [-0.2, 0) is 17.8 Å². The minimum Gasteiger partial charge on any atom is -0.497 e. The summed E-state index contributed by atoms with van der Waals surface area (Å²) >= 11 is 0. The van der Waals surface area contributed by atoms with Crippen molar-refractivity contribution in [1.29, 1.82) is 0 Å². The number of para-hydroxylation sites is 1. The number of benzene rings is 2. The van der Waals surface area contributed by atoms with Gasteiger partial charge in [-0.1, -0.05) is 18.2 Å². The molecule has 4 rings (SSSR count). The standard InChI is InChI=1S/C25H26N2O6/c1-16-10-17-6-4-5-7-21(17)27(16)13-19-11-22(28)24(14-32-19)33-15-25(29)26-20-9-8-18(30-2)12-23(20)31-3/h4-9,11-12,14,16H,10,13,15H2,1-3H3,(H,26,29)/t16-/m1/s1. The van der Waals surface area contributed by atoms with E-state index in [-0.39, 0.29) is 17.8 Å². The fraction of sp³-hybridized carbons (Fsp3) is 0.280. The van der Waals surface area contributed by atoms with Gasteiger partial charge in [0.25, 0.3) is 5.91 Å². The number of amides is 1. The number of ether oxygens (including phenoxy) is 3. The number of hydrogen-bond donors (Lipinski definition) is 1. The first-order chi connectivity index (χ1) is 16.0. The molecular formula is C25H26N2O6. The maximum absolute atomic E-state index is 12.5. The van der Waals surface area contributed by atoms with Gasteiger partial charge in [-0.2, -0.15) is 0 Å². The van der Waals surface area contributed by atoms with Crippen molar-refractivity contribution in [3.8, 4) is 17.2 Å². The number of fused-ring (bicyclic) bond motifs is 1. The minimum atomic E-state index is -0.440. The third-order valence-electron chi connectivity index (χ3n) is 5.57. The van der Waals surface area contributed by atoms with E-state index in [1.54, 1.807) is 25.3 Å². The SMILES string of the molecule is COc1ccc(NC(=O)COc2coc(CN3c4ccccc4C[C@H]3C)cc2=O)c(OC)c1. The van der Waals surface area contributed by atoms with Crippen LogP contribution in [0.3, 0.4) is 0 Å². The Kier molecular flexibility index (Phi) is 6.53. The van der Waals surface area contributed by atoms with Gasteiger partial charge in [0.05, 0.1) is 26.5 Å². The largest absolute Gasteiger partial charge is 0.497 e. The van der Waals surface area contributed by atoms with Gasteiger partial charge in [-0.25, -0.2) is 0 Å². The lowest BCUT2D eigenvalue weighted by atomic mass is 10.1. The van der Waals surface area contributed by atoms with Gasteiger partial charge in [0, 0.05) is 23.9 Å². The Morgan fingerprint density at radius 3 is 2.70 bits per heavy atom. The summed E-state index contributed by atoms with van der Waals surface area (Å²) in [7, 11) is 3.04. The zero-order valence-electron chi connectivity index (χ0n) is 18.8. The fourth-order valence-corrected chi connectivity index (χ4v) is 3.90. The van der Waals surface area contributed by atoms with E-state index in [1.165, 1.54) is 25.0 Å². The van der Waals surface area contributed by atoms with Crippen LogP contribution in [0.5, 0.6) is 17.2 Å². The molecule has 1 aliphatic rings. The topological polar surface area (TPSA) is 90.2 Å². The van der Waals surface area contributed by atoms with Gasteiger partial charge >= 0.3 is 0 Å². The number of methoxy groups -OCH3 is 2. The molecule has 0 unspecified atom stereocenters. The van der Waals surface area contributed by atoms with Gasteiger partial charge in [0.2, 0.25) is 11.2 Å². The van der Waals surface area contributed by atoms with Gasteiger partial charge in [-0.15, -0.1) is 0 Å². The molecule has 0 radical (unpaired) electrons. The van der Waals surface area contributed by atoms with Crippen molar-refractivity contribution in [2.75, 3.05) is 31.0 Å². The molecule has 8 heteroatoms. The zero-order chi connectivity index (χ0) is 23.4. The predicted molar refractivity (Wildman–Crippen MR) is 124 cm³/mol. The van der Waals surface area contributed by atoms with E-state index in [0.717, 1.165) is 12.1 Å². The Morgan fingerprint density at radius 1 is 1.12 bits per heavy atom. The molecule has 0 fully saturated rings. The second-order valence-electron chi connectivity index (χ2n) is 7.79. The summed E-state index contributed by atoms with van der Waals surface area (Å²) < 4.78 is 21.4. The quantitative estimate of drug-likeness (QED) is 0.561. The van der Waals surface area contributed by atoms with Crippen molar-refractivity contribution in [2.45, 2.75) is 25.9 Å². The molecule has 1 amide bonds. The van der Waals surface area contributed by atoms with Crippen LogP contribution < -0.4 is 29.9 Å². The predicted octanol–water partition coefficient (Wildman–Crippen LogP) is 3.63. The van der Waals surface area contributed by atoms with Gasteiger partial charge in [-0.05, 0) is 37.1 Å². The molecule has 172 valence electrons. The number of nitrogens with zero attached hydrogens (tertiary/aromatic N) is 1. The van der Waals surface area contributed by atoms with Crippen molar-refractivity contribution < 1.29 is 23.4 Å². The second kappa shape index (κ2) is 9.68. The number of anilines is 2. The highest BCUT2D eigenvalue weighted by Gasteiger charge is 2.26. The third kappa shape index (κ3) is 4.95. The van der Waals surface area contributed by atoms with Crippen LogP contribution in [-0.4, -0.2) is 32.8 Å². The smallest absolute Gasteiger partial charge is 0.262 e. The molecule has 0 saturated heterocycles. The molecule has 1 aliphatic heterocycles. The molecule has 0 spiro atoms. The van der Waals surface area contributed by atoms with E-state index in [4.69, 9.17) is 18.6 Å². The molecule has 1 atom stereocenters. The van der Waals surface area contributed by atoms with E-state index in [0.29, 0.717) is 35.5 Å². The average molecular weight is 450 g/mol. The van der Waals surface area contributed by atoms with Crippen LogP contribution in [0.15, 0.2) is 64.0 Å². The highest BCUT2D eigenvalue weighted by molar-refractivity contribution is 5.93. The second-order valence-corrected chi connectivity index (χ2v) is 7.79. The lowest BCUT2D eigenvalue weighted by molar-refractivity contribution is -0.118. The number of nitrogens with one attached hydrogen (secondary N) is 1. The number of rotatable bonds is 8. The highest BCUT2D eigenvalue weighted by atomic mass is 16.5. The van der Waals surface area contributed by atoms with Crippen molar-refractivity contribution in [2.24, 2.45) is 0 Å². The normalized spacial score (nSPS) is 14.5. The minimum absolute atomic E-state index is 0.0227. The molecule has 2 aromatic carbocycles. The van der Waals surface area contributed by atoms with Crippen LogP contribution in [0.25, 0.3) is 0 Å². The molecule has 2 heterocycles. The average Bonchev–Trinajstić information content (AvgIpc) is 3.13. The Balaban J connectivity index is 1.37. The summed E-state index contributed by atoms with van der Waals surface area (Å²) in [5.74, 6) is 1.12.